The standard InChI is InChI=1S/C13H11ClN4O3/c14-8-1-2-11-10(3-8)18(13(20)7-21-11)6-12(19)17-9-4-15-16-5-9/h1-5H,6-7H2,(H,15,16)(H,17,19). The Balaban J connectivity index is 1.80. The number of rotatable bonds is 3. The third-order valence-corrected chi connectivity index (χ3v) is 3.18. The van der Waals surface area contributed by atoms with Gasteiger partial charge in [0.15, 0.2) is 6.61 Å². The van der Waals surface area contributed by atoms with Crippen molar-refractivity contribution >= 4 is 34.8 Å². The number of ether oxygens (including phenoxy) is 1. The quantitative estimate of drug-likeness (QED) is 0.898. The lowest BCUT2D eigenvalue weighted by atomic mass is 10.2. The first-order valence-electron chi connectivity index (χ1n) is 6.15. The van der Waals surface area contributed by atoms with E-state index in [4.69, 9.17) is 16.3 Å². The molecule has 108 valence electrons. The summed E-state index contributed by atoms with van der Waals surface area (Å²) in [5.74, 6) is -0.111. The van der Waals surface area contributed by atoms with Gasteiger partial charge in [-0.1, -0.05) is 11.6 Å². The van der Waals surface area contributed by atoms with Crippen LogP contribution in [0.15, 0.2) is 30.6 Å². The summed E-state index contributed by atoms with van der Waals surface area (Å²) < 4.78 is 5.31. The number of aromatic amines is 1. The number of hydrogen-bond acceptors (Lipinski definition) is 4. The number of anilines is 2. The van der Waals surface area contributed by atoms with Gasteiger partial charge in [0, 0.05) is 11.2 Å². The number of hydrogen-bond donors (Lipinski definition) is 2. The van der Waals surface area contributed by atoms with Crippen molar-refractivity contribution < 1.29 is 14.3 Å². The molecule has 0 fully saturated rings. The monoisotopic (exact) mass is 306 g/mol. The van der Waals surface area contributed by atoms with Gasteiger partial charge >= 0.3 is 0 Å². The molecule has 2 N–H and O–H groups in total. The van der Waals surface area contributed by atoms with Gasteiger partial charge in [-0.3, -0.25) is 19.6 Å². The maximum atomic E-state index is 12.0. The number of fused-ring (bicyclic) bond motifs is 1. The second kappa shape index (κ2) is 5.45. The Bertz CT molecular complexity index is 687. The number of amides is 2. The smallest absolute Gasteiger partial charge is 0.265 e. The largest absolute Gasteiger partial charge is 0.482 e. The minimum Gasteiger partial charge on any atom is -0.482 e. The SMILES string of the molecule is O=C(CN1C(=O)COc2ccc(Cl)cc21)Nc1cn[nH]c1. The van der Waals surface area contributed by atoms with Gasteiger partial charge in [-0.15, -0.1) is 0 Å². The molecule has 1 aliphatic rings. The second-order valence-electron chi connectivity index (χ2n) is 4.42. The van der Waals surface area contributed by atoms with Crippen molar-refractivity contribution in [1.29, 1.82) is 0 Å². The third kappa shape index (κ3) is 2.82. The van der Waals surface area contributed by atoms with Gasteiger partial charge in [-0.25, -0.2) is 0 Å². The molecule has 0 spiro atoms. The number of halogens is 1. The van der Waals surface area contributed by atoms with Gasteiger partial charge in [0.05, 0.1) is 17.6 Å². The predicted octanol–water partition coefficient (Wildman–Crippen LogP) is 1.43. The zero-order chi connectivity index (χ0) is 14.8. The van der Waals surface area contributed by atoms with Crippen LogP contribution in [0.2, 0.25) is 5.02 Å². The molecular formula is C13H11ClN4O3. The van der Waals surface area contributed by atoms with Crippen LogP contribution in [-0.2, 0) is 9.59 Å². The van der Waals surface area contributed by atoms with E-state index >= 15 is 0 Å². The Kier molecular flexibility index (Phi) is 3.49. The molecule has 0 radical (unpaired) electrons. The molecule has 2 amide bonds. The zero-order valence-electron chi connectivity index (χ0n) is 10.8. The summed E-state index contributed by atoms with van der Waals surface area (Å²) in [5, 5.41) is 9.41. The average Bonchev–Trinajstić information content (AvgIpc) is 2.95. The highest BCUT2D eigenvalue weighted by molar-refractivity contribution is 6.31. The molecule has 8 heteroatoms. The van der Waals surface area contributed by atoms with E-state index in [1.54, 1.807) is 24.4 Å². The fraction of sp³-hybridized carbons (Fsp3) is 0.154. The Hall–Kier alpha value is -2.54. The number of nitrogens with one attached hydrogen (secondary N) is 2. The number of benzene rings is 1. The molecule has 0 saturated carbocycles. The molecule has 0 aliphatic carbocycles. The number of aromatic nitrogens is 2. The fourth-order valence-corrected chi connectivity index (χ4v) is 2.18. The highest BCUT2D eigenvalue weighted by Crippen LogP contribution is 2.34. The van der Waals surface area contributed by atoms with Crippen molar-refractivity contribution in [2.24, 2.45) is 0 Å². The van der Waals surface area contributed by atoms with E-state index in [2.05, 4.69) is 15.5 Å². The molecule has 0 atom stereocenters. The predicted molar refractivity (Wildman–Crippen MR) is 76.5 cm³/mol. The Morgan fingerprint density at radius 1 is 1.52 bits per heavy atom. The fourth-order valence-electron chi connectivity index (χ4n) is 2.01. The van der Waals surface area contributed by atoms with Crippen LogP contribution < -0.4 is 15.0 Å². The first kappa shape index (κ1) is 13.4. The van der Waals surface area contributed by atoms with Crippen LogP contribution >= 0.6 is 11.6 Å². The lowest BCUT2D eigenvalue weighted by Crippen LogP contribution is -2.43. The normalized spacial score (nSPS) is 13.6. The van der Waals surface area contributed by atoms with Crippen LogP contribution in [0.3, 0.4) is 0 Å². The van der Waals surface area contributed by atoms with Gasteiger partial charge in [0.25, 0.3) is 5.91 Å². The van der Waals surface area contributed by atoms with Crippen LogP contribution in [-0.4, -0.2) is 35.2 Å². The minimum absolute atomic E-state index is 0.104. The highest BCUT2D eigenvalue weighted by atomic mass is 35.5. The van der Waals surface area contributed by atoms with Crippen LogP contribution in [0.4, 0.5) is 11.4 Å². The van der Waals surface area contributed by atoms with Crippen LogP contribution in [0.1, 0.15) is 0 Å². The van der Waals surface area contributed by atoms with Gasteiger partial charge in [-0.2, -0.15) is 5.10 Å². The molecule has 1 aliphatic heterocycles. The van der Waals surface area contributed by atoms with Crippen LogP contribution in [0.25, 0.3) is 0 Å². The first-order valence-corrected chi connectivity index (χ1v) is 6.52. The first-order chi connectivity index (χ1) is 10.1. The lowest BCUT2D eigenvalue weighted by molar-refractivity contribution is -0.123. The molecule has 21 heavy (non-hydrogen) atoms. The average molecular weight is 307 g/mol. The molecule has 1 aromatic carbocycles. The zero-order valence-corrected chi connectivity index (χ0v) is 11.6. The van der Waals surface area contributed by atoms with Gasteiger partial charge in [0.2, 0.25) is 5.91 Å². The summed E-state index contributed by atoms with van der Waals surface area (Å²) in [6.07, 6.45) is 3.02. The molecule has 0 unspecified atom stereocenters. The summed E-state index contributed by atoms with van der Waals surface area (Å²) in [4.78, 5) is 25.3. The summed E-state index contributed by atoms with van der Waals surface area (Å²) in [7, 11) is 0. The van der Waals surface area contributed by atoms with Crippen molar-refractivity contribution in [3.63, 3.8) is 0 Å². The minimum atomic E-state index is -0.336. The lowest BCUT2D eigenvalue weighted by Gasteiger charge is -2.28. The molecule has 0 bridgehead atoms. The van der Waals surface area contributed by atoms with E-state index in [0.29, 0.717) is 22.1 Å². The number of nitrogens with zero attached hydrogens (tertiary/aromatic N) is 2. The third-order valence-electron chi connectivity index (χ3n) is 2.95. The van der Waals surface area contributed by atoms with Gasteiger partial charge < -0.3 is 10.1 Å². The number of carbonyl (C=O) groups excluding carboxylic acids is 2. The van der Waals surface area contributed by atoms with Crippen molar-refractivity contribution in [1.82, 2.24) is 10.2 Å². The van der Waals surface area contributed by atoms with E-state index in [0.717, 1.165) is 0 Å². The molecule has 0 saturated heterocycles. The van der Waals surface area contributed by atoms with Crippen molar-refractivity contribution in [3.05, 3.63) is 35.6 Å². The van der Waals surface area contributed by atoms with Crippen LogP contribution in [0, 0.1) is 0 Å². The summed E-state index contributed by atoms with van der Waals surface area (Å²) in [6, 6.07) is 4.93. The molecule has 3 rings (SSSR count). The highest BCUT2D eigenvalue weighted by Gasteiger charge is 2.27. The van der Waals surface area contributed by atoms with Crippen molar-refractivity contribution in [2.75, 3.05) is 23.4 Å². The topological polar surface area (TPSA) is 87.3 Å². The van der Waals surface area contributed by atoms with Gasteiger partial charge in [-0.05, 0) is 18.2 Å². The van der Waals surface area contributed by atoms with Crippen molar-refractivity contribution in [2.45, 2.75) is 0 Å². The maximum Gasteiger partial charge on any atom is 0.265 e. The summed E-state index contributed by atoms with van der Waals surface area (Å²) in [5.41, 5.74) is 1.02. The molecule has 2 heterocycles. The van der Waals surface area contributed by atoms with E-state index in [1.165, 1.54) is 11.1 Å². The Morgan fingerprint density at radius 2 is 2.38 bits per heavy atom. The maximum absolute atomic E-state index is 12.0. The Labute approximate surface area is 124 Å². The van der Waals surface area contributed by atoms with E-state index < -0.39 is 0 Å². The van der Waals surface area contributed by atoms with Crippen molar-refractivity contribution in [3.8, 4) is 5.75 Å². The van der Waals surface area contributed by atoms with E-state index in [-0.39, 0.29) is 25.0 Å². The summed E-state index contributed by atoms with van der Waals surface area (Å²) >= 11 is 5.93. The molecule has 2 aromatic rings. The summed E-state index contributed by atoms with van der Waals surface area (Å²) in [6.45, 7) is -0.228. The molecular weight excluding hydrogens is 296 g/mol. The van der Waals surface area contributed by atoms with Gasteiger partial charge in [0.1, 0.15) is 12.3 Å². The Morgan fingerprint density at radius 3 is 3.14 bits per heavy atom. The molecule has 7 nitrogen and oxygen atoms in total. The molecule has 1 aromatic heterocycles. The second-order valence-corrected chi connectivity index (χ2v) is 4.85. The van der Waals surface area contributed by atoms with E-state index in [9.17, 15) is 9.59 Å². The number of carbonyl (C=O) groups is 2. The van der Waals surface area contributed by atoms with Crippen LogP contribution in [0.5, 0.6) is 5.75 Å². The van der Waals surface area contributed by atoms with E-state index in [1.807, 2.05) is 0 Å². The number of H-pyrrole nitrogens is 1.